The molecule has 0 amide bonds. The van der Waals surface area contributed by atoms with Crippen LogP contribution in [0.3, 0.4) is 0 Å². The van der Waals surface area contributed by atoms with Crippen LogP contribution in [-0.4, -0.2) is 9.55 Å². The van der Waals surface area contributed by atoms with Crippen LogP contribution in [0.2, 0.25) is 0 Å². The van der Waals surface area contributed by atoms with Gasteiger partial charge < -0.3 is 4.57 Å². The van der Waals surface area contributed by atoms with Gasteiger partial charge in [-0.05, 0) is 51.2 Å². The molecule has 0 bridgehead atoms. The molecule has 1 aliphatic rings. The molecule has 1 aromatic carbocycles. The first-order valence-corrected chi connectivity index (χ1v) is 7.19. The van der Waals surface area contributed by atoms with E-state index in [-0.39, 0.29) is 0 Å². The lowest BCUT2D eigenvalue weighted by atomic mass is 9.99. The minimum atomic E-state index is 0.610. The normalized spacial score (nSPS) is 13.9. The fraction of sp³-hybridized carbons (Fsp3) is 0.412. The first kappa shape index (κ1) is 12.9. The third kappa shape index (κ3) is 1.92. The summed E-state index contributed by atoms with van der Waals surface area (Å²) in [7, 11) is 0. The van der Waals surface area contributed by atoms with Crippen LogP contribution in [0.1, 0.15) is 40.9 Å². The molecule has 0 spiro atoms. The number of fused-ring (bicyclic) bond motifs is 1. The van der Waals surface area contributed by atoms with Crippen molar-refractivity contribution in [1.29, 1.82) is 5.26 Å². The number of aromatic nitrogens is 2. The fourth-order valence-electron chi connectivity index (χ4n) is 3.36. The zero-order chi connectivity index (χ0) is 14.3. The second-order valence-corrected chi connectivity index (χ2v) is 5.72. The Morgan fingerprint density at radius 2 is 1.85 bits per heavy atom. The van der Waals surface area contributed by atoms with E-state index in [0.717, 1.165) is 30.9 Å². The summed E-state index contributed by atoms with van der Waals surface area (Å²) in [5, 5.41) is 9.31. The Labute approximate surface area is 119 Å². The maximum absolute atomic E-state index is 9.31. The molecule has 3 nitrogen and oxygen atoms in total. The molecular weight excluding hydrogens is 246 g/mol. The van der Waals surface area contributed by atoms with Crippen LogP contribution in [-0.2, 0) is 13.0 Å². The Bertz CT molecular complexity index is 694. The van der Waals surface area contributed by atoms with Gasteiger partial charge in [-0.15, -0.1) is 0 Å². The van der Waals surface area contributed by atoms with Gasteiger partial charge in [0.05, 0.1) is 5.69 Å². The molecule has 0 radical (unpaired) electrons. The van der Waals surface area contributed by atoms with E-state index in [1.807, 2.05) is 0 Å². The second kappa shape index (κ2) is 4.79. The lowest BCUT2D eigenvalue weighted by molar-refractivity contribution is 0.535. The summed E-state index contributed by atoms with van der Waals surface area (Å²) < 4.78 is 2.26. The minimum absolute atomic E-state index is 0.610. The molecule has 0 saturated carbocycles. The second-order valence-electron chi connectivity index (χ2n) is 5.72. The van der Waals surface area contributed by atoms with Crippen molar-refractivity contribution in [3.63, 3.8) is 0 Å². The highest BCUT2D eigenvalue weighted by molar-refractivity contribution is 5.67. The van der Waals surface area contributed by atoms with Gasteiger partial charge in [0.25, 0.3) is 0 Å². The highest BCUT2D eigenvalue weighted by Gasteiger charge is 2.22. The van der Waals surface area contributed by atoms with Crippen molar-refractivity contribution >= 4 is 0 Å². The Hall–Kier alpha value is -2.08. The Morgan fingerprint density at radius 1 is 1.15 bits per heavy atom. The van der Waals surface area contributed by atoms with Gasteiger partial charge in [0.2, 0.25) is 0 Å². The summed E-state index contributed by atoms with van der Waals surface area (Å²) in [6, 6.07) is 6.65. The molecule has 2 heterocycles. The summed E-state index contributed by atoms with van der Waals surface area (Å²) in [6.07, 6.45) is 3.30. The zero-order valence-electron chi connectivity index (χ0n) is 12.3. The van der Waals surface area contributed by atoms with Crippen LogP contribution < -0.4 is 0 Å². The summed E-state index contributed by atoms with van der Waals surface area (Å²) >= 11 is 0. The molecule has 0 saturated heterocycles. The molecule has 102 valence electrons. The first-order chi connectivity index (χ1) is 9.61. The lowest BCUT2D eigenvalue weighted by Crippen LogP contribution is -2.12. The number of hydrogen-bond acceptors (Lipinski definition) is 2. The summed E-state index contributed by atoms with van der Waals surface area (Å²) in [4.78, 5) is 4.63. The number of aryl methyl sites for hydroxylation is 3. The maximum Gasteiger partial charge on any atom is 0.162 e. The highest BCUT2D eigenvalue weighted by Crippen LogP contribution is 2.32. The van der Waals surface area contributed by atoms with Crippen LogP contribution in [0.25, 0.3) is 11.4 Å². The monoisotopic (exact) mass is 265 g/mol. The number of hydrogen-bond donors (Lipinski definition) is 0. The molecule has 0 atom stereocenters. The number of nitrogens with zero attached hydrogens (tertiary/aromatic N) is 3. The Balaban J connectivity index is 2.26. The van der Waals surface area contributed by atoms with Gasteiger partial charge in [-0.3, -0.25) is 0 Å². The SMILES string of the molecule is Cc1cc(C)c(-c2nc(C#N)c3n2CCCC3)c(C)c1. The van der Waals surface area contributed by atoms with Gasteiger partial charge in [0, 0.05) is 12.1 Å². The van der Waals surface area contributed by atoms with Crippen LogP contribution in [0.4, 0.5) is 0 Å². The van der Waals surface area contributed by atoms with Crippen molar-refractivity contribution in [3.05, 3.63) is 40.2 Å². The molecule has 0 unspecified atom stereocenters. The van der Waals surface area contributed by atoms with Crippen molar-refractivity contribution in [3.8, 4) is 17.5 Å². The van der Waals surface area contributed by atoms with E-state index in [4.69, 9.17) is 0 Å². The number of nitriles is 1. The topological polar surface area (TPSA) is 41.6 Å². The average molecular weight is 265 g/mol. The molecule has 3 heteroatoms. The number of imidazole rings is 1. The molecule has 0 fully saturated rings. The van der Waals surface area contributed by atoms with Crippen LogP contribution in [0, 0.1) is 32.1 Å². The van der Waals surface area contributed by atoms with E-state index in [0.29, 0.717) is 5.69 Å². The van der Waals surface area contributed by atoms with Crippen LogP contribution in [0.5, 0.6) is 0 Å². The fourth-order valence-corrected chi connectivity index (χ4v) is 3.36. The largest absolute Gasteiger partial charge is 0.327 e. The predicted octanol–water partition coefficient (Wildman–Crippen LogP) is 3.68. The molecule has 0 N–H and O–H groups in total. The third-order valence-electron chi connectivity index (χ3n) is 4.12. The van der Waals surface area contributed by atoms with E-state index in [9.17, 15) is 5.26 Å². The third-order valence-corrected chi connectivity index (χ3v) is 4.12. The van der Waals surface area contributed by atoms with Gasteiger partial charge >= 0.3 is 0 Å². The summed E-state index contributed by atoms with van der Waals surface area (Å²) in [5.41, 5.74) is 6.68. The van der Waals surface area contributed by atoms with Gasteiger partial charge in [0.1, 0.15) is 11.9 Å². The highest BCUT2D eigenvalue weighted by atomic mass is 15.1. The standard InChI is InChI=1S/C17H19N3/c1-11-8-12(2)16(13(3)9-11)17-19-14(10-18)15-6-4-5-7-20(15)17/h8-9H,4-7H2,1-3H3. The van der Waals surface area contributed by atoms with Gasteiger partial charge in [0.15, 0.2) is 5.69 Å². The van der Waals surface area contributed by atoms with Crippen molar-refractivity contribution in [2.45, 2.75) is 46.6 Å². The van der Waals surface area contributed by atoms with Gasteiger partial charge in [-0.2, -0.15) is 5.26 Å². The van der Waals surface area contributed by atoms with E-state index in [1.54, 1.807) is 0 Å². The smallest absolute Gasteiger partial charge is 0.162 e. The van der Waals surface area contributed by atoms with Crippen molar-refractivity contribution in [2.24, 2.45) is 0 Å². The molecule has 20 heavy (non-hydrogen) atoms. The van der Waals surface area contributed by atoms with E-state index in [1.165, 1.54) is 28.7 Å². The molecule has 2 aromatic rings. The van der Waals surface area contributed by atoms with Crippen LogP contribution >= 0.6 is 0 Å². The van der Waals surface area contributed by atoms with Crippen molar-refractivity contribution in [2.75, 3.05) is 0 Å². The quantitative estimate of drug-likeness (QED) is 0.789. The molecule has 3 rings (SSSR count). The van der Waals surface area contributed by atoms with Gasteiger partial charge in [-0.1, -0.05) is 17.7 Å². The van der Waals surface area contributed by atoms with Crippen LogP contribution in [0.15, 0.2) is 12.1 Å². The molecular formula is C17H19N3. The van der Waals surface area contributed by atoms with E-state index in [2.05, 4.69) is 48.5 Å². The van der Waals surface area contributed by atoms with E-state index < -0.39 is 0 Å². The van der Waals surface area contributed by atoms with Crippen molar-refractivity contribution in [1.82, 2.24) is 9.55 Å². The zero-order valence-corrected chi connectivity index (χ0v) is 12.3. The average Bonchev–Trinajstić information content (AvgIpc) is 2.77. The summed E-state index contributed by atoms with van der Waals surface area (Å²) in [5.74, 6) is 0.978. The first-order valence-electron chi connectivity index (χ1n) is 7.19. The number of rotatable bonds is 1. The molecule has 1 aliphatic heterocycles. The molecule has 0 aliphatic carbocycles. The Morgan fingerprint density at radius 3 is 2.50 bits per heavy atom. The maximum atomic E-state index is 9.31. The van der Waals surface area contributed by atoms with Crippen molar-refractivity contribution < 1.29 is 0 Å². The molecule has 1 aromatic heterocycles. The Kier molecular flexibility index (Phi) is 3.10. The predicted molar refractivity (Wildman–Crippen MR) is 79.5 cm³/mol. The summed E-state index contributed by atoms with van der Waals surface area (Å²) in [6.45, 7) is 7.36. The van der Waals surface area contributed by atoms with E-state index >= 15 is 0 Å². The number of benzene rings is 1. The lowest BCUT2D eigenvalue weighted by Gasteiger charge is -2.18. The van der Waals surface area contributed by atoms with Gasteiger partial charge in [-0.25, -0.2) is 4.98 Å². The minimum Gasteiger partial charge on any atom is -0.327 e.